The summed E-state index contributed by atoms with van der Waals surface area (Å²) >= 11 is 0. The third kappa shape index (κ3) is 3.62. The monoisotopic (exact) mass is 620 g/mol. The van der Waals surface area contributed by atoms with Crippen LogP contribution in [0.4, 0.5) is 0 Å². The molecule has 1 nitrogen and oxygen atoms in total. The van der Waals surface area contributed by atoms with Crippen LogP contribution in [-0.4, -0.2) is 39.2 Å². The molecular weight excluding hydrogens is 587 g/mol. The van der Waals surface area contributed by atoms with E-state index in [1.807, 2.05) is 0 Å². The molecule has 0 radical (unpaired) electrons. The second-order valence-corrected chi connectivity index (χ2v) is 15.0. The maximum absolute atomic E-state index is 6.86. The molecule has 0 saturated heterocycles. The van der Waals surface area contributed by atoms with Crippen molar-refractivity contribution in [2.45, 2.75) is 19.3 Å². The van der Waals surface area contributed by atoms with E-state index in [1.54, 1.807) is 0 Å². The van der Waals surface area contributed by atoms with E-state index in [4.69, 9.17) is 4.42 Å². The molecule has 0 N–H and O–H groups in total. The Kier molecular flexibility index (Phi) is 5.75. The minimum atomic E-state index is -0.168. The van der Waals surface area contributed by atoms with E-state index in [0.717, 1.165) is 11.2 Å². The highest BCUT2D eigenvalue weighted by atomic mass is 16.3. The molecule has 49 heavy (non-hydrogen) atoms. The van der Waals surface area contributed by atoms with Gasteiger partial charge in [-0.25, -0.2) is 0 Å². The number of para-hydroxylation sites is 1. The first-order valence-electron chi connectivity index (χ1n) is 17.5. The summed E-state index contributed by atoms with van der Waals surface area (Å²) in [7, 11) is 11.4. The zero-order valence-corrected chi connectivity index (χ0v) is 29.2. The van der Waals surface area contributed by atoms with Crippen molar-refractivity contribution < 1.29 is 4.42 Å². The van der Waals surface area contributed by atoms with Crippen LogP contribution < -0.4 is 27.3 Å². The van der Waals surface area contributed by atoms with E-state index in [2.05, 4.69) is 156 Å². The second-order valence-electron chi connectivity index (χ2n) is 15.0. The molecule has 0 amide bonds. The lowest BCUT2D eigenvalue weighted by atomic mass is 9.59. The van der Waals surface area contributed by atoms with Gasteiger partial charge in [-0.2, -0.15) is 0 Å². The minimum absolute atomic E-state index is 0.168. The number of benzene rings is 8. The van der Waals surface area contributed by atoms with Gasteiger partial charge in [-0.15, -0.1) is 16.4 Å². The van der Waals surface area contributed by atoms with Crippen LogP contribution in [0.3, 0.4) is 0 Å². The molecule has 0 saturated carbocycles. The molecule has 9 aromatic rings. The van der Waals surface area contributed by atoms with Gasteiger partial charge in [-0.3, -0.25) is 0 Å². The van der Waals surface area contributed by atoms with E-state index in [9.17, 15) is 0 Å². The van der Waals surface area contributed by atoms with Crippen molar-refractivity contribution in [2.75, 3.05) is 0 Å². The van der Waals surface area contributed by atoms with Crippen LogP contribution in [0.25, 0.3) is 87.6 Å². The lowest BCUT2D eigenvalue weighted by molar-refractivity contribution is 0.620. The molecule has 6 heteroatoms. The van der Waals surface area contributed by atoms with Crippen LogP contribution in [-0.2, 0) is 5.41 Å². The second kappa shape index (κ2) is 9.76. The quantitative estimate of drug-likeness (QED) is 0.214. The van der Waals surface area contributed by atoms with Crippen molar-refractivity contribution in [3.63, 3.8) is 0 Å². The third-order valence-corrected chi connectivity index (χ3v) is 12.4. The Bertz CT molecular complexity index is 2890. The van der Waals surface area contributed by atoms with E-state index in [-0.39, 0.29) is 5.41 Å². The van der Waals surface area contributed by atoms with Crippen molar-refractivity contribution in [3.8, 4) is 33.4 Å². The lowest BCUT2D eigenvalue weighted by Crippen LogP contribution is -2.55. The average Bonchev–Trinajstić information content (AvgIpc) is 3.61. The Morgan fingerprint density at radius 2 is 1.04 bits per heavy atom. The van der Waals surface area contributed by atoms with Crippen LogP contribution in [0.1, 0.15) is 25.0 Å². The van der Waals surface area contributed by atoms with Crippen LogP contribution in [0.15, 0.2) is 108 Å². The van der Waals surface area contributed by atoms with E-state index in [0.29, 0.717) is 0 Å². The number of furan rings is 1. The zero-order chi connectivity index (χ0) is 33.5. The SMILES string of the molecule is Bc1c(B)c(B)c(-c2ccc3ccc4c(-c5cc6c(c7oc8ccccc8c57)C(C)(C)c5ccccc5-6)ccc5ccc2c3c54)c(B)c1B. The summed E-state index contributed by atoms with van der Waals surface area (Å²) in [6.45, 7) is 4.69. The first kappa shape index (κ1) is 28.9. The average molecular weight is 620 g/mol. The fraction of sp³-hybridized carbons (Fsp3) is 0.0698. The van der Waals surface area contributed by atoms with Gasteiger partial charge in [-0.05, 0) is 83.4 Å². The molecule has 0 fully saturated rings. The van der Waals surface area contributed by atoms with Gasteiger partial charge in [0.1, 0.15) is 50.4 Å². The molecule has 1 aliphatic rings. The lowest BCUT2D eigenvalue weighted by Gasteiger charge is -2.23. The molecule has 1 aliphatic carbocycles. The maximum Gasteiger partial charge on any atom is 0.140 e. The Labute approximate surface area is 291 Å². The normalized spacial score (nSPS) is 13.7. The molecule has 10 rings (SSSR count). The van der Waals surface area contributed by atoms with Crippen molar-refractivity contribution in [1.82, 2.24) is 0 Å². The summed E-state index contributed by atoms with van der Waals surface area (Å²) in [6, 6.07) is 38.7. The Morgan fingerprint density at radius 1 is 0.469 bits per heavy atom. The summed E-state index contributed by atoms with van der Waals surface area (Å²) in [4.78, 5) is 0. The smallest absolute Gasteiger partial charge is 0.140 e. The van der Waals surface area contributed by atoms with Gasteiger partial charge < -0.3 is 4.42 Å². The highest BCUT2D eigenvalue weighted by molar-refractivity contribution is 6.69. The number of fused-ring (bicyclic) bond motifs is 7. The molecular formula is C43H33B5O. The molecule has 0 unspecified atom stereocenters. The molecule has 1 aromatic heterocycles. The summed E-state index contributed by atoms with van der Waals surface area (Å²) in [5.41, 5.74) is 19.2. The molecule has 226 valence electrons. The topological polar surface area (TPSA) is 13.1 Å². The fourth-order valence-corrected chi connectivity index (χ4v) is 9.50. The highest BCUT2D eigenvalue weighted by Crippen LogP contribution is 2.55. The highest BCUT2D eigenvalue weighted by Gasteiger charge is 2.39. The summed E-state index contributed by atoms with van der Waals surface area (Å²) < 4.78 is 6.86. The molecule has 1 heterocycles. The molecule has 0 atom stereocenters. The summed E-state index contributed by atoms with van der Waals surface area (Å²) in [5.74, 6) is 0. The van der Waals surface area contributed by atoms with Crippen molar-refractivity contribution >= 4 is 121 Å². The summed E-state index contributed by atoms with van der Waals surface area (Å²) in [5, 5.41) is 10.2. The van der Waals surface area contributed by atoms with E-state index < -0.39 is 0 Å². The molecule has 8 aromatic carbocycles. The van der Waals surface area contributed by atoms with Crippen molar-refractivity contribution in [2.24, 2.45) is 0 Å². The summed E-state index contributed by atoms with van der Waals surface area (Å²) in [6.07, 6.45) is 0. The fourth-order valence-electron chi connectivity index (χ4n) is 9.50. The third-order valence-electron chi connectivity index (χ3n) is 12.4. The van der Waals surface area contributed by atoms with Crippen LogP contribution in [0.5, 0.6) is 0 Å². The van der Waals surface area contributed by atoms with Crippen LogP contribution >= 0.6 is 0 Å². The van der Waals surface area contributed by atoms with Gasteiger partial charge in [0.05, 0.1) is 0 Å². The van der Waals surface area contributed by atoms with Gasteiger partial charge >= 0.3 is 0 Å². The molecule has 0 spiro atoms. The maximum atomic E-state index is 6.86. The standard InChI is InChI=1S/C43H33B5O/c1-43(2)30-9-5-3-7-23(30)29-19-28(34-27-8-4-6-10-31(27)49-42(34)36(29)43)22-15-11-20-13-17-25-26(18-14-21-12-16-24(22)32(20)33(21)25)35-37(44)39(46)41(48)40(47)38(35)45/h3-19H,44-48H2,1-2H3. The van der Waals surface area contributed by atoms with Gasteiger partial charge in [0, 0.05) is 21.8 Å². The number of hydrogen-bond donors (Lipinski definition) is 0. The van der Waals surface area contributed by atoms with Crippen molar-refractivity contribution in [1.29, 1.82) is 0 Å². The Morgan fingerprint density at radius 3 is 1.76 bits per heavy atom. The molecule has 0 bridgehead atoms. The van der Waals surface area contributed by atoms with Crippen LogP contribution in [0, 0.1) is 0 Å². The van der Waals surface area contributed by atoms with Gasteiger partial charge in [0.2, 0.25) is 0 Å². The van der Waals surface area contributed by atoms with Gasteiger partial charge in [0.15, 0.2) is 0 Å². The first-order chi connectivity index (χ1) is 23.7. The van der Waals surface area contributed by atoms with E-state index in [1.165, 1.54) is 115 Å². The predicted octanol–water partition coefficient (Wildman–Crippen LogP) is 3.42. The Hall–Kier alpha value is -5.08. The number of rotatable bonds is 2. The van der Waals surface area contributed by atoms with E-state index >= 15 is 0 Å². The number of hydrogen-bond acceptors (Lipinski definition) is 1. The zero-order valence-electron chi connectivity index (χ0n) is 29.2. The largest absolute Gasteiger partial charge is 0.456 e. The first-order valence-corrected chi connectivity index (χ1v) is 17.5. The Balaban J connectivity index is 1.33. The van der Waals surface area contributed by atoms with Crippen molar-refractivity contribution in [3.05, 3.63) is 114 Å². The van der Waals surface area contributed by atoms with Gasteiger partial charge in [-0.1, -0.05) is 116 Å². The molecule has 0 aliphatic heterocycles. The van der Waals surface area contributed by atoms with Gasteiger partial charge in [0.25, 0.3) is 0 Å². The minimum Gasteiger partial charge on any atom is -0.456 e. The van der Waals surface area contributed by atoms with Crippen LogP contribution in [0.2, 0.25) is 0 Å². The predicted molar refractivity (Wildman–Crippen MR) is 227 cm³/mol.